The highest BCUT2D eigenvalue weighted by Crippen LogP contribution is 2.35. The van der Waals surface area contributed by atoms with E-state index in [0.717, 1.165) is 44.1 Å². The summed E-state index contributed by atoms with van der Waals surface area (Å²) in [5.74, 6) is 0.139. The highest BCUT2D eigenvalue weighted by molar-refractivity contribution is 5.90. The van der Waals surface area contributed by atoms with Gasteiger partial charge in [-0.15, -0.1) is 0 Å². The lowest BCUT2D eigenvalue weighted by Crippen LogP contribution is -2.35. The van der Waals surface area contributed by atoms with Crippen LogP contribution in [0.15, 0.2) is 11.8 Å². The first-order chi connectivity index (χ1) is 8.98. The molecule has 0 radical (unpaired) electrons. The topological polar surface area (TPSA) is 91.4 Å². The molecule has 0 aromatic rings. The molecule has 0 amide bonds. The molecule has 2 rings (SSSR count). The number of rotatable bonds is 5. The lowest BCUT2D eigenvalue weighted by Gasteiger charge is -2.26. The first-order valence-corrected chi connectivity index (χ1v) is 7.11. The molecule has 19 heavy (non-hydrogen) atoms. The predicted octanol–water partition coefficient (Wildman–Crippen LogP) is 1.27. The molecule has 0 aromatic heterocycles. The fraction of sp³-hybridized carbons (Fsp3) is 0.786. The van der Waals surface area contributed by atoms with Crippen molar-refractivity contribution < 1.29 is 9.84 Å². The van der Waals surface area contributed by atoms with E-state index in [1.165, 1.54) is 0 Å². The summed E-state index contributed by atoms with van der Waals surface area (Å²) >= 11 is 0. The Labute approximate surface area is 114 Å². The van der Waals surface area contributed by atoms with Gasteiger partial charge >= 0.3 is 0 Å². The average Bonchev–Trinajstić information content (AvgIpc) is 3.13. The molecule has 2 fully saturated rings. The molecular formula is C14H25N3O2. The van der Waals surface area contributed by atoms with Gasteiger partial charge in [0.2, 0.25) is 5.90 Å². The first-order valence-electron chi connectivity index (χ1n) is 7.11. The highest BCUT2D eigenvalue weighted by atomic mass is 16.5. The Hall–Kier alpha value is -1.07. The predicted molar refractivity (Wildman–Crippen MR) is 75.0 cm³/mol. The molecule has 0 aromatic carbocycles. The van der Waals surface area contributed by atoms with Crippen molar-refractivity contribution in [3.05, 3.63) is 11.8 Å². The number of nitrogens with one attached hydrogen (secondary N) is 2. The summed E-state index contributed by atoms with van der Waals surface area (Å²) in [6.07, 6.45) is 7.70. The van der Waals surface area contributed by atoms with Crippen LogP contribution in [0.25, 0.3) is 0 Å². The molecule has 0 spiro atoms. The number of ether oxygens (including phenoxy) is 1. The number of nitrogens with two attached hydrogens (primary N) is 1. The Morgan fingerprint density at radius 3 is 2.63 bits per heavy atom. The number of hydrogen-bond acceptors (Lipinski definition) is 5. The molecule has 0 atom stereocenters. The van der Waals surface area contributed by atoms with Crippen LogP contribution in [0.3, 0.4) is 0 Å². The summed E-state index contributed by atoms with van der Waals surface area (Å²) in [5.41, 5.74) is 5.96. The van der Waals surface area contributed by atoms with Crippen molar-refractivity contribution in [1.29, 1.82) is 5.41 Å². The van der Waals surface area contributed by atoms with Crippen molar-refractivity contribution >= 4 is 5.90 Å². The third-order valence-electron chi connectivity index (χ3n) is 3.98. The Kier molecular flexibility index (Phi) is 4.47. The van der Waals surface area contributed by atoms with Crippen LogP contribution in [0.2, 0.25) is 0 Å². The lowest BCUT2D eigenvalue weighted by atomic mass is 9.92. The van der Waals surface area contributed by atoms with Crippen LogP contribution < -0.4 is 11.1 Å². The SMILES string of the molecule is C/C(=C/N[C@H]1CC[C@H](N)CC1)C(=N)OCC1(O)CC1. The second-order valence-electron chi connectivity index (χ2n) is 5.95. The summed E-state index contributed by atoms with van der Waals surface area (Å²) in [7, 11) is 0. The maximum Gasteiger partial charge on any atom is 0.210 e. The van der Waals surface area contributed by atoms with Gasteiger partial charge in [0, 0.05) is 23.9 Å². The summed E-state index contributed by atoms with van der Waals surface area (Å²) in [6, 6.07) is 0.805. The Morgan fingerprint density at radius 1 is 1.42 bits per heavy atom. The van der Waals surface area contributed by atoms with Gasteiger partial charge in [0.1, 0.15) is 6.61 Å². The number of hydrogen-bond donors (Lipinski definition) is 4. The van der Waals surface area contributed by atoms with Crippen LogP contribution in [0, 0.1) is 5.41 Å². The van der Waals surface area contributed by atoms with Crippen molar-refractivity contribution in [3.8, 4) is 0 Å². The van der Waals surface area contributed by atoms with Gasteiger partial charge in [-0.25, -0.2) is 0 Å². The fourth-order valence-electron chi connectivity index (χ4n) is 2.20. The van der Waals surface area contributed by atoms with E-state index in [1.807, 2.05) is 13.1 Å². The molecule has 5 heteroatoms. The minimum absolute atomic E-state index is 0.139. The van der Waals surface area contributed by atoms with Gasteiger partial charge in [0.15, 0.2) is 0 Å². The van der Waals surface area contributed by atoms with E-state index in [0.29, 0.717) is 12.1 Å². The molecule has 0 saturated heterocycles. The molecule has 0 bridgehead atoms. The summed E-state index contributed by atoms with van der Waals surface area (Å²) in [6.45, 7) is 2.08. The molecule has 5 nitrogen and oxygen atoms in total. The Bertz CT molecular complexity index is 356. The Morgan fingerprint density at radius 2 is 2.05 bits per heavy atom. The van der Waals surface area contributed by atoms with Crippen molar-refractivity contribution in [3.63, 3.8) is 0 Å². The fourth-order valence-corrected chi connectivity index (χ4v) is 2.20. The van der Waals surface area contributed by atoms with Gasteiger partial charge < -0.3 is 20.9 Å². The third-order valence-corrected chi connectivity index (χ3v) is 3.98. The van der Waals surface area contributed by atoms with E-state index in [-0.39, 0.29) is 12.5 Å². The highest BCUT2D eigenvalue weighted by Gasteiger charge is 2.41. The maximum atomic E-state index is 9.65. The zero-order valence-electron chi connectivity index (χ0n) is 11.6. The van der Waals surface area contributed by atoms with Crippen LogP contribution in [0.4, 0.5) is 0 Å². The lowest BCUT2D eigenvalue weighted by molar-refractivity contribution is 0.0797. The monoisotopic (exact) mass is 267 g/mol. The summed E-state index contributed by atoms with van der Waals surface area (Å²) in [4.78, 5) is 0. The van der Waals surface area contributed by atoms with Crippen LogP contribution >= 0.6 is 0 Å². The van der Waals surface area contributed by atoms with Crippen LogP contribution in [-0.2, 0) is 4.74 Å². The number of aliphatic hydroxyl groups is 1. The largest absolute Gasteiger partial charge is 0.475 e. The van der Waals surface area contributed by atoms with E-state index >= 15 is 0 Å². The molecule has 0 heterocycles. The molecule has 2 saturated carbocycles. The van der Waals surface area contributed by atoms with Gasteiger partial charge in [-0.2, -0.15) is 0 Å². The molecule has 2 aliphatic rings. The maximum absolute atomic E-state index is 9.65. The summed E-state index contributed by atoms with van der Waals surface area (Å²) in [5, 5.41) is 20.8. The van der Waals surface area contributed by atoms with Gasteiger partial charge in [-0.3, -0.25) is 5.41 Å². The van der Waals surface area contributed by atoms with Gasteiger partial charge in [0.05, 0.1) is 5.60 Å². The van der Waals surface area contributed by atoms with Gasteiger partial charge in [0.25, 0.3) is 0 Å². The molecule has 0 unspecified atom stereocenters. The van der Waals surface area contributed by atoms with Crippen molar-refractivity contribution in [2.24, 2.45) is 5.73 Å². The van der Waals surface area contributed by atoms with E-state index < -0.39 is 5.60 Å². The van der Waals surface area contributed by atoms with Crippen molar-refractivity contribution in [2.45, 2.75) is 63.1 Å². The minimum Gasteiger partial charge on any atom is -0.475 e. The minimum atomic E-state index is -0.667. The average molecular weight is 267 g/mol. The zero-order chi connectivity index (χ0) is 13.9. The standard InChI is InChI=1S/C14H25N3O2/c1-10(13(16)19-9-14(18)6-7-14)8-17-12-4-2-11(15)3-5-12/h8,11-12,16-18H,2-7,9,15H2,1H3/b10-8-,16-13?/t11-,12-. The molecule has 2 aliphatic carbocycles. The van der Waals surface area contributed by atoms with Crippen molar-refractivity contribution in [1.82, 2.24) is 5.32 Å². The summed E-state index contributed by atoms with van der Waals surface area (Å²) < 4.78 is 5.29. The molecule has 5 N–H and O–H groups in total. The quantitative estimate of drug-likeness (QED) is 0.446. The van der Waals surface area contributed by atoms with E-state index in [1.54, 1.807) is 0 Å². The van der Waals surface area contributed by atoms with E-state index in [4.69, 9.17) is 15.9 Å². The molecule has 0 aliphatic heterocycles. The van der Waals surface area contributed by atoms with Crippen LogP contribution in [0.5, 0.6) is 0 Å². The Balaban J connectivity index is 1.70. The normalized spacial score (nSPS) is 29.7. The van der Waals surface area contributed by atoms with E-state index in [2.05, 4.69) is 5.32 Å². The zero-order valence-corrected chi connectivity index (χ0v) is 11.6. The van der Waals surface area contributed by atoms with Gasteiger partial charge in [-0.05, 0) is 45.4 Å². The van der Waals surface area contributed by atoms with E-state index in [9.17, 15) is 5.11 Å². The second kappa shape index (κ2) is 5.92. The third kappa shape index (κ3) is 4.51. The van der Waals surface area contributed by atoms with Crippen LogP contribution in [0.1, 0.15) is 45.4 Å². The van der Waals surface area contributed by atoms with Crippen LogP contribution in [-0.4, -0.2) is 35.3 Å². The molecule has 108 valence electrons. The second-order valence-corrected chi connectivity index (χ2v) is 5.95. The van der Waals surface area contributed by atoms with Crippen molar-refractivity contribution in [2.75, 3.05) is 6.61 Å². The smallest absolute Gasteiger partial charge is 0.210 e. The van der Waals surface area contributed by atoms with Gasteiger partial charge in [-0.1, -0.05) is 0 Å². The molecular weight excluding hydrogens is 242 g/mol. The first kappa shape index (κ1) is 14.3.